The zero-order valence-electron chi connectivity index (χ0n) is 15.2. The topological polar surface area (TPSA) is 87.5 Å². The van der Waals surface area contributed by atoms with Crippen LogP contribution in [0.2, 0.25) is 0 Å². The molecule has 3 heterocycles. The fourth-order valence-electron chi connectivity index (χ4n) is 3.02. The van der Waals surface area contributed by atoms with Crippen molar-refractivity contribution in [3.8, 4) is 0 Å². The number of fused-ring (bicyclic) bond motifs is 2. The standard InChI is InChI=1S/C18H22N8/c1-4-26(5-2)18-23-16(15-17(24-18)25(3)11-20-15)19-10-14-21-12-8-6-7-9-13(12)22-14/h6-9,11H,4-5,10H2,1-3H3,(H,21,22)(H,19,23,24). The molecule has 0 amide bonds. The third-order valence-corrected chi connectivity index (χ3v) is 4.46. The molecule has 8 nitrogen and oxygen atoms in total. The summed E-state index contributed by atoms with van der Waals surface area (Å²) in [5.74, 6) is 2.29. The molecule has 3 aromatic heterocycles. The van der Waals surface area contributed by atoms with E-state index in [1.54, 1.807) is 6.33 Å². The smallest absolute Gasteiger partial charge is 0.229 e. The molecule has 0 aliphatic carbocycles. The van der Waals surface area contributed by atoms with Crippen LogP contribution in [0.4, 0.5) is 11.8 Å². The number of aromatic nitrogens is 6. The van der Waals surface area contributed by atoms with Crippen LogP contribution in [0.25, 0.3) is 22.2 Å². The molecule has 0 fully saturated rings. The molecule has 0 spiro atoms. The Hall–Kier alpha value is -3.16. The largest absolute Gasteiger partial charge is 0.361 e. The van der Waals surface area contributed by atoms with E-state index in [-0.39, 0.29) is 0 Å². The summed E-state index contributed by atoms with van der Waals surface area (Å²) in [6.45, 7) is 6.43. The molecule has 0 bridgehead atoms. The first-order chi connectivity index (χ1) is 12.7. The molecule has 0 atom stereocenters. The number of aromatic amines is 1. The van der Waals surface area contributed by atoms with Crippen LogP contribution in [-0.2, 0) is 13.6 Å². The number of nitrogens with one attached hydrogen (secondary N) is 2. The summed E-state index contributed by atoms with van der Waals surface area (Å²) in [5.41, 5.74) is 3.56. The molecule has 2 N–H and O–H groups in total. The first-order valence-electron chi connectivity index (χ1n) is 8.81. The van der Waals surface area contributed by atoms with Crippen LogP contribution < -0.4 is 10.2 Å². The van der Waals surface area contributed by atoms with Crippen molar-refractivity contribution in [1.82, 2.24) is 29.5 Å². The van der Waals surface area contributed by atoms with Crippen molar-refractivity contribution in [2.45, 2.75) is 20.4 Å². The SMILES string of the molecule is CCN(CC)c1nc(NCc2nc3ccccc3[nH]2)c2ncn(C)c2n1. The monoisotopic (exact) mass is 350 g/mol. The molecule has 0 unspecified atom stereocenters. The van der Waals surface area contributed by atoms with Gasteiger partial charge in [0.2, 0.25) is 5.95 Å². The number of anilines is 2. The van der Waals surface area contributed by atoms with Crippen molar-refractivity contribution >= 4 is 34.0 Å². The second-order valence-corrected chi connectivity index (χ2v) is 6.13. The Morgan fingerprint density at radius 1 is 1.12 bits per heavy atom. The highest BCUT2D eigenvalue weighted by Crippen LogP contribution is 2.22. The van der Waals surface area contributed by atoms with Gasteiger partial charge in [0.15, 0.2) is 17.0 Å². The van der Waals surface area contributed by atoms with Gasteiger partial charge < -0.3 is 19.8 Å². The van der Waals surface area contributed by atoms with Gasteiger partial charge in [0, 0.05) is 20.1 Å². The van der Waals surface area contributed by atoms with E-state index in [1.165, 1.54) is 0 Å². The van der Waals surface area contributed by atoms with Crippen molar-refractivity contribution < 1.29 is 0 Å². The Balaban J connectivity index is 1.68. The minimum Gasteiger partial charge on any atom is -0.361 e. The number of rotatable bonds is 6. The molecule has 0 saturated heterocycles. The van der Waals surface area contributed by atoms with Gasteiger partial charge in [-0.05, 0) is 26.0 Å². The molecule has 0 aliphatic heterocycles. The van der Waals surface area contributed by atoms with Crippen molar-refractivity contribution in [3.63, 3.8) is 0 Å². The molecule has 8 heteroatoms. The lowest BCUT2D eigenvalue weighted by molar-refractivity contribution is 0.819. The number of H-pyrrole nitrogens is 1. The van der Waals surface area contributed by atoms with Crippen LogP contribution in [0.3, 0.4) is 0 Å². The normalized spacial score (nSPS) is 11.3. The number of benzene rings is 1. The van der Waals surface area contributed by atoms with Crippen molar-refractivity contribution in [2.75, 3.05) is 23.3 Å². The lowest BCUT2D eigenvalue weighted by atomic mass is 10.3. The molecule has 0 aliphatic rings. The third kappa shape index (κ3) is 2.83. The molecular formula is C18H22N8. The molecule has 134 valence electrons. The first-order valence-corrected chi connectivity index (χ1v) is 8.81. The van der Waals surface area contributed by atoms with E-state index in [2.05, 4.69) is 44.0 Å². The third-order valence-electron chi connectivity index (χ3n) is 4.46. The molecule has 1 aromatic carbocycles. The van der Waals surface area contributed by atoms with E-state index in [0.29, 0.717) is 12.5 Å². The highest BCUT2D eigenvalue weighted by molar-refractivity contribution is 5.84. The van der Waals surface area contributed by atoms with E-state index >= 15 is 0 Å². The lowest BCUT2D eigenvalue weighted by Crippen LogP contribution is -2.24. The van der Waals surface area contributed by atoms with Crippen LogP contribution in [-0.4, -0.2) is 42.6 Å². The summed E-state index contributed by atoms with van der Waals surface area (Å²) in [6, 6.07) is 8.00. The summed E-state index contributed by atoms with van der Waals surface area (Å²) in [4.78, 5) is 23.9. The highest BCUT2D eigenvalue weighted by atomic mass is 15.3. The summed E-state index contributed by atoms with van der Waals surface area (Å²) in [7, 11) is 1.94. The van der Waals surface area contributed by atoms with E-state index in [1.807, 2.05) is 35.9 Å². The lowest BCUT2D eigenvalue weighted by Gasteiger charge is -2.19. The summed E-state index contributed by atoms with van der Waals surface area (Å²) in [5, 5.41) is 3.37. The van der Waals surface area contributed by atoms with Crippen LogP contribution in [0.1, 0.15) is 19.7 Å². The van der Waals surface area contributed by atoms with Gasteiger partial charge in [-0.1, -0.05) is 12.1 Å². The minimum atomic E-state index is 0.537. The number of imidazole rings is 2. The van der Waals surface area contributed by atoms with Crippen LogP contribution in [0.5, 0.6) is 0 Å². The zero-order valence-corrected chi connectivity index (χ0v) is 15.2. The Labute approximate surface area is 151 Å². The molecule has 4 aromatic rings. The van der Waals surface area contributed by atoms with Crippen LogP contribution in [0.15, 0.2) is 30.6 Å². The maximum absolute atomic E-state index is 4.71. The van der Waals surface area contributed by atoms with Gasteiger partial charge in [0.05, 0.1) is 23.9 Å². The average Bonchev–Trinajstić information content (AvgIpc) is 3.24. The number of hydrogen-bond acceptors (Lipinski definition) is 6. The Morgan fingerprint density at radius 3 is 2.69 bits per heavy atom. The fraction of sp³-hybridized carbons (Fsp3) is 0.333. The van der Waals surface area contributed by atoms with E-state index in [9.17, 15) is 0 Å². The van der Waals surface area contributed by atoms with Gasteiger partial charge >= 0.3 is 0 Å². The van der Waals surface area contributed by atoms with Crippen molar-refractivity contribution in [2.24, 2.45) is 7.05 Å². The van der Waals surface area contributed by atoms with E-state index in [4.69, 9.17) is 4.98 Å². The number of nitrogens with zero attached hydrogens (tertiary/aromatic N) is 6. The number of para-hydroxylation sites is 2. The minimum absolute atomic E-state index is 0.537. The Morgan fingerprint density at radius 2 is 1.92 bits per heavy atom. The average molecular weight is 350 g/mol. The number of aryl methyl sites for hydroxylation is 1. The van der Waals surface area contributed by atoms with Gasteiger partial charge in [-0.3, -0.25) is 0 Å². The van der Waals surface area contributed by atoms with Crippen molar-refractivity contribution in [3.05, 3.63) is 36.4 Å². The molecular weight excluding hydrogens is 328 g/mol. The Kier molecular flexibility index (Phi) is 4.16. The molecule has 0 saturated carbocycles. The first kappa shape index (κ1) is 16.3. The zero-order chi connectivity index (χ0) is 18.1. The van der Waals surface area contributed by atoms with Gasteiger partial charge in [-0.15, -0.1) is 0 Å². The Bertz CT molecular complexity index is 1010. The molecule has 0 radical (unpaired) electrons. The van der Waals surface area contributed by atoms with Crippen LogP contribution in [0, 0.1) is 0 Å². The maximum Gasteiger partial charge on any atom is 0.229 e. The van der Waals surface area contributed by atoms with Crippen LogP contribution >= 0.6 is 0 Å². The van der Waals surface area contributed by atoms with Crippen molar-refractivity contribution in [1.29, 1.82) is 0 Å². The predicted molar refractivity (Wildman–Crippen MR) is 103 cm³/mol. The molecule has 26 heavy (non-hydrogen) atoms. The van der Waals surface area contributed by atoms with E-state index < -0.39 is 0 Å². The van der Waals surface area contributed by atoms with Gasteiger partial charge in [-0.25, -0.2) is 9.97 Å². The van der Waals surface area contributed by atoms with Gasteiger partial charge in [-0.2, -0.15) is 9.97 Å². The summed E-state index contributed by atoms with van der Waals surface area (Å²) in [6.07, 6.45) is 1.76. The quantitative estimate of drug-likeness (QED) is 0.556. The van der Waals surface area contributed by atoms with Gasteiger partial charge in [0.25, 0.3) is 0 Å². The van der Waals surface area contributed by atoms with Gasteiger partial charge in [0.1, 0.15) is 5.82 Å². The van der Waals surface area contributed by atoms with E-state index in [0.717, 1.165) is 46.9 Å². The second kappa shape index (κ2) is 6.62. The highest BCUT2D eigenvalue weighted by Gasteiger charge is 2.15. The number of hydrogen-bond donors (Lipinski definition) is 2. The summed E-state index contributed by atoms with van der Waals surface area (Å²) >= 11 is 0. The predicted octanol–water partition coefficient (Wildman–Crippen LogP) is 2.70. The maximum atomic E-state index is 4.71. The second-order valence-electron chi connectivity index (χ2n) is 6.13. The fourth-order valence-corrected chi connectivity index (χ4v) is 3.02. The summed E-state index contributed by atoms with van der Waals surface area (Å²) < 4.78 is 1.91. The molecule has 4 rings (SSSR count).